The van der Waals surface area contributed by atoms with Gasteiger partial charge in [0.25, 0.3) is 0 Å². The van der Waals surface area contributed by atoms with Crippen LogP contribution >= 0.6 is 11.8 Å². The molecule has 0 radical (unpaired) electrons. The van der Waals surface area contributed by atoms with Crippen molar-refractivity contribution in [3.8, 4) is 0 Å². The summed E-state index contributed by atoms with van der Waals surface area (Å²) < 4.78 is 25.9. The van der Waals surface area contributed by atoms with E-state index in [2.05, 4.69) is 0 Å². The standard InChI is InChI=1S/C15H24O9S/c1-10(16)20-6-14(24-13(4)19)15(23-9-25-5,7-21-11(2)17)8-22-12(3)18/h14H,6-9H2,1-5H3. The summed E-state index contributed by atoms with van der Waals surface area (Å²) in [6, 6.07) is 0. The highest BCUT2D eigenvalue weighted by molar-refractivity contribution is 7.98. The number of rotatable bonds is 11. The third kappa shape index (κ3) is 9.92. The lowest BCUT2D eigenvalue weighted by Gasteiger charge is -2.37. The van der Waals surface area contributed by atoms with Gasteiger partial charge in [-0.1, -0.05) is 0 Å². The largest absolute Gasteiger partial charge is 0.462 e. The average molecular weight is 380 g/mol. The molecule has 0 heterocycles. The van der Waals surface area contributed by atoms with E-state index in [1.165, 1.54) is 32.5 Å². The maximum atomic E-state index is 11.5. The summed E-state index contributed by atoms with van der Waals surface area (Å²) in [5.74, 6) is -2.35. The highest BCUT2D eigenvalue weighted by atomic mass is 32.2. The molecule has 0 aliphatic heterocycles. The monoisotopic (exact) mass is 380 g/mol. The van der Waals surface area contributed by atoms with Gasteiger partial charge in [0.2, 0.25) is 0 Å². The fourth-order valence-electron chi connectivity index (χ4n) is 1.71. The van der Waals surface area contributed by atoms with E-state index in [4.69, 9.17) is 23.7 Å². The zero-order valence-electron chi connectivity index (χ0n) is 15.0. The number of ether oxygens (including phenoxy) is 5. The third-order valence-electron chi connectivity index (χ3n) is 2.84. The van der Waals surface area contributed by atoms with Crippen molar-refractivity contribution in [2.45, 2.75) is 39.4 Å². The Balaban J connectivity index is 5.67. The number of esters is 4. The normalized spacial score (nSPS) is 12.0. The minimum absolute atomic E-state index is 0.125. The van der Waals surface area contributed by atoms with Crippen molar-refractivity contribution in [2.24, 2.45) is 0 Å². The third-order valence-corrected chi connectivity index (χ3v) is 3.19. The zero-order valence-corrected chi connectivity index (χ0v) is 15.8. The molecule has 0 fully saturated rings. The van der Waals surface area contributed by atoms with Gasteiger partial charge in [-0.2, -0.15) is 0 Å². The molecule has 10 heteroatoms. The second kappa shape index (κ2) is 11.7. The fraction of sp³-hybridized carbons (Fsp3) is 0.733. The Bertz CT molecular complexity index is 460. The van der Waals surface area contributed by atoms with E-state index in [9.17, 15) is 19.2 Å². The molecule has 144 valence electrons. The lowest BCUT2D eigenvalue weighted by Crippen LogP contribution is -2.56. The maximum Gasteiger partial charge on any atom is 0.303 e. The van der Waals surface area contributed by atoms with E-state index in [0.717, 1.165) is 6.92 Å². The van der Waals surface area contributed by atoms with Gasteiger partial charge >= 0.3 is 23.9 Å². The lowest BCUT2D eigenvalue weighted by atomic mass is 9.98. The van der Waals surface area contributed by atoms with Crippen molar-refractivity contribution in [2.75, 3.05) is 32.0 Å². The summed E-state index contributed by atoms with van der Waals surface area (Å²) in [5, 5.41) is 0. The van der Waals surface area contributed by atoms with Crippen LogP contribution in [-0.2, 0) is 42.9 Å². The van der Waals surface area contributed by atoms with Crippen LogP contribution in [0.15, 0.2) is 0 Å². The Labute approximate surface area is 150 Å². The van der Waals surface area contributed by atoms with E-state index < -0.39 is 35.6 Å². The SMILES string of the molecule is CSCOC(COC(C)=O)(COC(C)=O)C(COC(C)=O)OC(C)=O. The van der Waals surface area contributed by atoms with Crippen molar-refractivity contribution in [1.82, 2.24) is 0 Å². The fourth-order valence-corrected chi connectivity index (χ4v) is 2.07. The second-order valence-corrected chi connectivity index (χ2v) is 5.89. The number of hydrogen-bond donors (Lipinski definition) is 0. The molecule has 0 N–H and O–H groups in total. The van der Waals surface area contributed by atoms with Crippen molar-refractivity contribution in [1.29, 1.82) is 0 Å². The molecule has 1 unspecified atom stereocenters. The van der Waals surface area contributed by atoms with E-state index in [0.29, 0.717) is 0 Å². The van der Waals surface area contributed by atoms with Crippen LogP contribution in [0.3, 0.4) is 0 Å². The molecule has 0 saturated heterocycles. The average Bonchev–Trinajstić information content (AvgIpc) is 2.50. The topological polar surface area (TPSA) is 114 Å². The molecule has 0 aliphatic rings. The molecule has 1 atom stereocenters. The summed E-state index contributed by atoms with van der Waals surface area (Å²) >= 11 is 1.31. The molecule has 0 aromatic rings. The molecule has 0 rings (SSSR count). The van der Waals surface area contributed by atoms with Gasteiger partial charge in [-0.15, -0.1) is 11.8 Å². The van der Waals surface area contributed by atoms with Crippen LogP contribution < -0.4 is 0 Å². The zero-order chi connectivity index (χ0) is 19.5. The van der Waals surface area contributed by atoms with Crippen LogP contribution in [0.5, 0.6) is 0 Å². The van der Waals surface area contributed by atoms with Gasteiger partial charge in [0.05, 0.1) is 5.94 Å². The predicted molar refractivity (Wildman–Crippen MR) is 87.7 cm³/mol. The first-order valence-corrected chi connectivity index (χ1v) is 8.72. The summed E-state index contributed by atoms with van der Waals surface area (Å²) in [7, 11) is 0. The minimum Gasteiger partial charge on any atom is -0.462 e. The Morgan fingerprint density at radius 3 is 1.68 bits per heavy atom. The molecule has 25 heavy (non-hydrogen) atoms. The molecule has 0 bridgehead atoms. The summed E-state index contributed by atoms with van der Waals surface area (Å²) in [4.78, 5) is 45.0. The molecule has 0 amide bonds. The van der Waals surface area contributed by atoms with Crippen molar-refractivity contribution < 1.29 is 42.9 Å². The number of carbonyl (C=O) groups is 4. The van der Waals surface area contributed by atoms with Crippen LogP contribution in [-0.4, -0.2) is 67.6 Å². The highest BCUT2D eigenvalue weighted by Gasteiger charge is 2.46. The minimum atomic E-state index is -1.53. The molecule has 9 nitrogen and oxygen atoms in total. The van der Waals surface area contributed by atoms with Crippen LogP contribution in [0.2, 0.25) is 0 Å². The number of hydrogen-bond acceptors (Lipinski definition) is 10. The van der Waals surface area contributed by atoms with Gasteiger partial charge in [-0.3, -0.25) is 19.2 Å². The molecule has 0 spiro atoms. The Morgan fingerprint density at radius 2 is 1.32 bits per heavy atom. The van der Waals surface area contributed by atoms with Crippen LogP contribution in [0.1, 0.15) is 27.7 Å². The van der Waals surface area contributed by atoms with E-state index in [1.807, 2.05) is 0 Å². The predicted octanol–water partition coefficient (Wildman–Crippen LogP) is 0.683. The quantitative estimate of drug-likeness (QED) is 0.288. The number of thioether (sulfide) groups is 1. The van der Waals surface area contributed by atoms with Gasteiger partial charge in [-0.25, -0.2) is 0 Å². The van der Waals surface area contributed by atoms with E-state index in [1.54, 1.807) is 6.26 Å². The number of carbonyl (C=O) groups excluding carboxylic acids is 4. The Kier molecular flexibility index (Phi) is 10.8. The smallest absolute Gasteiger partial charge is 0.303 e. The summed E-state index contributed by atoms with van der Waals surface area (Å²) in [6.07, 6.45) is 0.606. The van der Waals surface area contributed by atoms with Crippen LogP contribution in [0.25, 0.3) is 0 Å². The Morgan fingerprint density at radius 1 is 0.840 bits per heavy atom. The van der Waals surface area contributed by atoms with Gasteiger partial charge in [0.15, 0.2) is 11.7 Å². The summed E-state index contributed by atoms with van der Waals surface area (Å²) in [6.45, 7) is 3.65. The Hall–Kier alpha value is -1.81. The maximum absolute atomic E-state index is 11.5. The molecular weight excluding hydrogens is 356 g/mol. The second-order valence-electron chi connectivity index (χ2n) is 5.08. The first-order chi connectivity index (χ1) is 11.6. The molecular formula is C15H24O9S. The summed E-state index contributed by atoms with van der Waals surface area (Å²) in [5.41, 5.74) is -1.53. The molecule has 0 aromatic heterocycles. The van der Waals surface area contributed by atoms with Gasteiger partial charge in [-0.05, 0) is 6.26 Å². The van der Waals surface area contributed by atoms with E-state index in [-0.39, 0.29) is 25.8 Å². The van der Waals surface area contributed by atoms with Crippen molar-refractivity contribution >= 4 is 35.6 Å². The van der Waals surface area contributed by atoms with Gasteiger partial charge in [0.1, 0.15) is 19.8 Å². The lowest BCUT2D eigenvalue weighted by molar-refractivity contribution is -0.208. The first kappa shape index (κ1) is 23.2. The van der Waals surface area contributed by atoms with Crippen molar-refractivity contribution in [3.05, 3.63) is 0 Å². The van der Waals surface area contributed by atoms with Crippen LogP contribution in [0, 0.1) is 0 Å². The highest BCUT2D eigenvalue weighted by Crippen LogP contribution is 2.24. The molecule has 0 saturated carbocycles. The first-order valence-electron chi connectivity index (χ1n) is 7.33. The van der Waals surface area contributed by atoms with E-state index >= 15 is 0 Å². The van der Waals surface area contributed by atoms with Gasteiger partial charge < -0.3 is 23.7 Å². The van der Waals surface area contributed by atoms with Crippen molar-refractivity contribution in [3.63, 3.8) is 0 Å². The molecule has 0 aliphatic carbocycles. The molecule has 0 aromatic carbocycles. The van der Waals surface area contributed by atoms with Gasteiger partial charge in [0, 0.05) is 27.7 Å². The van der Waals surface area contributed by atoms with Crippen LogP contribution in [0.4, 0.5) is 0 Å².